The number of aliphatic hydroxyl groups excluding tert-OH is 1. The van der Waals surface area contributed by atoms with Crippen molar-refractivity contribution in [2.24, 2.45) is 11.8 Å². The predicted octanol–water partition coefficient (Wildman–Crippen LogP) is 1.77. The van der Waals surface area contributed by atoms with Gasteiger partial charge in [-0.25, -0.2) is 0 Å². The first-order valence-electron chi connectivity index (χ1n) is 8.16. The van der Waals surface area contributed by atoms with Gasteiger partial charge in [-0.2, -0.15) is 0 Å². The van der Waals surface area contributed by atoms with Crippen molar-refractivity contribution in [3.05, 3.63) is 0 Å². The van der Waals surface area contributed by atoms with E-state index in [1.54, 1.807) is 0 Å². The molecule has 0 aromatic carbocycles. The molecular formula is C16H30N2O2. The Bertz CT molecular complexity index is 322. The minimum Gasteiger partial charge on any atom is -0.392 e. The van der Waals surface area contributed by atoms with Crippen LogP contribution in [0.25, 0.3) is 0 Å². The summed E-state index contributed by atoms with van der Waals surface area (Å²) in [5.41, 5.74) is 0. The second-order valence-corrected chi connectivity index (χ2v) is 6.99. The number of aliphatic hydroxyl groups is 1. The van der Waals surface area contributed by atoms with Crippen LogP contribution in [0.15, 0.2) is 0 Å². The van der Waals surface area contributed by atoms with Crippen LogP contribution < -0.4 is 5.32 Å². The Morgan fingerprint density at radius 1 is 1.25 bits per heavy atom. The molecule has 0 radical (unpaired) electrons. The molecule has 4 nitrogen and oxygen atoms in total. The Balaban J connectivity index is 1.72. The van der Waals surface area contributed by atoms with E-state index in [4.69, 9.17) is 0 Å². The fourth-order valence-electron chi connectivity index (χ4n) is 3.01. The van der Waals surface area contributed by atoms with Crippen LogP contribution in [0.2, 0.25) is 0 Å². The van der Waals surface area contributed by atoms with Crippen LogP contribution in [-0.4, -0.2) is 47.7 Å². The summed E-state index contributed by atoms with van der Waals surface area (Å²) in [5, 5.41) is 13.1. The second-order valence-electron chi connectivity index (χ2n) is 6.99. The molecule has 0 bridgehead atoms. The molecule has 2 N–H and O–H groups in total. The number of likely N-dealkylation sites (N-methyl/N-ethyl adjacent to an activating group) is 1. The van der Waals surface area contributed by atoms with Gasteiger partial charge in [0.2, 0.25) is 5.91 Å². The van der Waals surface area contributed by atoms with E-state index < -0.39 is 0 Å². The Kier molecular flexibility index (Phi) is 5.44. The summed E-state index contributed by atoms with van der Waals surface area (Å²) in [7, 11) is 1.93. The average molecular weight is 282 g/mol. The van der Waals surface area contributed by atoms with Gasteiger partial charge in [-0.3, -0.25) is 9.69 Å². The number of hydrogen-bond acceptors (Lipinski definition) is 3. The third kappa shape index (κ3) is 4.45. The Hall–Kier alpha value is -0.610. The quantitative estimate of drug-likeness (QED) is 0.781. The molecule has 2 fully saturated rings. The van der Waals surface area contributed by atoms with Crippen LogP contribution in [0.4, 0.5) is 0 Å². The molecular weight excluding hydrogens is 252 g/mol. The molecule has 4 heteroatoms. The Morgan fingerprint density at radius 3 is 2.40 bits per heavy atom. The molecule has 0 heterocycles. The summed E-state index contributed by atoms with van der Waals surface area (Å²) in [5.74, 6) is 1.37. The summed E-state index contributed by atoms with van der Waals surface area (Å²) < 4.78 is 0. The molecule has 20 heavy (non-hydrogen) atoms. The van der Waals surface area contributed by atoms with Gasteiger partial charge in [0.25, 0.3) is 0 Å². The lowest BCUT2D eigenvalue weighted by molar-refractivity contribution is -0.126. The highest BCUT2D eigenvalue weighted by Crippen LogP contribution is 2.32. The molecule has 0 spiro atoms. The summed E-state index contributed by atoms with van der Waals surface area (Å²) >= 11 is 0. The predicted molar refractivity (Wildman–Crippen MR) is 80.4 cm³/mol. The molecule has 1 amide bonds. The summed E-state index contributed by atoms with van der Waals surface area (Å²) in [4.78, 5) is 14.2. The van der Waals surface area contributed by atoms with E-state index in [1.165, 1.54) is 12.8 Å². The van der Waals surface area contributed by atoms with E-state index in [2.05, 4.69) is 12.2 Å². The number of nitrogens with one attached hydrogen (secondary N) is 1. The first kappa shape index (κ1) is 15.8. The van der Waals surface area contributed by atoms with Gasteiger partial charge in [-0.05, 0) is 64.3 Å². The van der Waals surface area contributed by atoms with Crippen LogP contribution >= 0.6 is 0 Å². The molecule has 116 valence electrons. The first-order valence-corrected chi connectivity index (χ1v) is 8.16. The zero-order chi connectivity index (χ0) is 14.7. The van der Waals surface area contributed by atoms with Crippen molar-refractivity contribution < 1.29 is 9.90 Å². The van der Waals surface area contributed by atoms with Crippen molar-refractivity contribution in [2.45, 2.75) is 70.6 Å². The van der Waals surface area contributed by atoms with E-state index >= 15 is 0 Å². The molecule has 0 saturated heterocycles. The van der Waals surface area contributed by atoms with Crippen molar-refractivity contribution in [3.63, 3.8) is 0 Å². The van der Waals surface area contributed by atoms with E-state index in [0.717, 1.165) is 31.6 Å². The highest BCUT2D eigenvalue weighted by atomic mass is 16.3. The van der Waals surface area contributed by atoms with Crippen LogP contribution in [0.1, 0.15) is 52.4 Å². The Labute approximate surface area is 122 Å². The Morgan fingerprint density at radius 2 is 1.85 bits per heavy atom. The van der Waals surface area contributed by atoms with Crippen molar-refractivity contribution in [1.82, 2.24) is 10.2 Å². The monoisotopic (exact) mass is 282 g/mol. The molecule has 2 aliphatic rings. The molecule has 2 atom stereocenters. The number of hydrogen-bond donors (Lipinski definition) is 2. The molecule has 0 aromatic rings. The number of carbonyl (C=O) groups is 1. The molecule has 0 aromatic heterocycles. The number of amides is 1. The SMILES string of the molecule is CC1CCC(NC(=O)C(C)N(C)CC(O)C2CC2)CC1. The lowest BCUT2D eigenvalue weighted by Gasteiger charge is -2.31. The van der Waals surface area contributed by atoms with E-state index in [0.29, 0.717) is 18.5 Å². The van der Waals surface area contributed by atoms with Crippen molar-refractivity contribution in [1.29, 1.82) is 0 Å². The maximum Gasteiger partial charge on any atom is 0.237 e. The highest BCUT2D eigenvalue weighted by molar-refractivity contribution is 5.81. The van der Waals surface area contributed by atoms with E-state index in [-0.39, 0.29) is 18.1 Å². The summed E-state index contributed by atoms with van der Waals surface area (Å²) in [6, 6.07) is 0.186. The summed E-state index contributed by atoms with van der Waals surface area (Å²) in [6.45, 7) is 4.81. The van der Waals surface area contributed by atoms with E-state index in [1.807, 2.05) is 18.9 Å². The fourth-order valence-corrected chi connectivity index (χ4v) is 3.01. The van der Waals surface area contributed by atoms with Crippen LogP contribution in [0.5, 0.6) is 0 Å². The topological polar surface area (TPSA) is 52.6 Å². The minimum atomic E-state index is -0.272. The van der Waals surface area contributed by atoms with Gasteiger partial charge in [0.1, 0.15) is 0 Å². The first-order chi connectivity index (χ1) is 9.47. The lowest BCUT2D eigenvalue weighted by Crippen LogP contribution is -2.49. The number of rotatable bonds is 6. The molecule has 2 saturated carbocycles. The maximum absolute atomic E-state index is 12.3. The van der Waals surface area contributed by atoms with Crippen molar-refractivity contribution >= 4 is 5.91 Å². The highest BCUT2D eigenvalue weighted by Gasteiger charge is 2.32. The normalized spacial score (nSPS) is 30.1. The smallest absolute Gasteiger partial charge is 0.237 e. The molecule has 2 rings (SSSR count). The largest absolute Gasteiger partial charge is 0.392 e. The summed E-state index contributed by atoms with van der Waals surface area (Å²) in [6.07, 6.45) is 6.64. The number of carbonyl (C=O) groups excluding carboxylic acids is 1. The number of nitrogens with zero attached hydrogens (tertiary/aromatic N) is 1. The van der Waals surface area contributed by atoms with Gasteiger partial charge in [0.05, 0.1) is 12.1 Å². The van der Waals surface area contributed by atoms with Crippen LogP contribution in [-0.2, 0) is 4.79 Å². The average Bonchev–Trinajstić information content (AvgIpc) is 3.24. The van der Waals surface area contributed by atoms with E-state index in [9.17, 15) is 9.90 Å². The van der Waals surface area contributed by atoms with Gasteiger partial charge < -0.3 is 10.4 Å². The maximum atomic E-state index is 12.3. The molecule has 0 aliphatic heterocycles. The second kappa shape index (κ2) is 6.90. The molecule has 2 unspecified atom stereocenters. The van der Waals surface area contributed by atoms with Crippen molar-refractivity contribution in [2.75, 3.05) is 13.6 Å². The molecule has 2 aliphatic carbocycles. The van der Waals surface area contributed by atoms with Gasteiger partial charge >= 0.3 is 0 Å². The lowest BCUT2D eigenvalue weighted by atomic mass is 9.87. The van der Waals surface area contributed by atoms with Crippen LogP contribution in [0, 0.1) is 11.8 Å². The standard InChI is InChI=1S/C16H30N2O2/c1-11-4-8-14(9-5-11)17-16(20)12(2)18(3)10-15(19)13-6-7-13/h11-15,19H,4-10H2,1-3H3,(H,17,20). The minimum absolute atomic E-state index is 0.107. The fraction of sp³-hybridized carbons (Fsp3) is 0.938. The zero-order valence-corrected chi connectivity index (χ0v) is 13.1. The van der Waals surface area contributed by atoms with Crippen LogP contribution in [0.3, 0.4) is 0 Å². The van der Waals surface area contributed by atoms with Gasteiger partial charge in [-0.15, -0.1) is 0 Å². The van der Waals surface area contributed by atoms with Gasteiger partial charge in [0, 0.05) is 12.6 Å². The van der Waals surface area contributed by atoms with Gasteiger partial charge in [0.15, 0.2) is 0 Å². The zero-order valence-electron chi connectivity index (χ0n) is 13.1. The van der Waals surface area contributed by atoms with Gasteiger partial charge in [-0.1, -0.05) is 6.92 Å². The van der Waals surface area contributed by atoms with Crippen molar-refractivity contribution in [3.8, 4) is 0 Å². The third-order valence-electron chi connectivity index (χ3n) is 5.04. The third-order valence-corrected chi connectivity index (χ3v) is 5.04.